The van der Waals surface area contributed by atoms with Crippen molar-refractivity contribution >= 4 is 34.6 Å². The molecular weight excluding hydrogens is 294 g/mol. The number of anilines is 1. The van der Waals surface area contributed by atoms with Crippen molar-refractivity contribution in [2.24, 2.45) is 4.99 Å². The fourth-order valence-corrected chi connectivity index (χ4v) is 2.15. The summed E-state index contributed by atoms with van der Waals surface area (Å²) >= 11 is 0. The number of nitro benzene ring substituents is 1. The smallest absolute Gasteiger partial charge is 0.271 e. The number of aromatic amines is 1. The lowest BCUT2D eigenvalue weighted by molar-refractivity contribution is -0.384. The van der Waals surface area contributed by atoms with Crippen LogP contribution in [0.5, 0.6) is 0 Å². The van der Waals surface area contributed by atoms with Gasteiger partial charge < -0.3 is 9.88 Å². The summed E-state index contributed by atoms with van der Waals surface area (Å²) in [6.45, 7) is 0. The van der Waals surface area contributed by atoms with Crippen molar-refractivity contribution in [3.05, 3.63) is 58.1 Å². The summed E-state index contributed by atoms with van der Waals surface area (Å²) in [5, 5.41) is 10.8. The summed E-state index contributed by atoms with van der Waals surface area (Å²) in [6.07, 6.45) is 1.70. The minimum absolute atomic E-state index is 0.0240. The molecular formula is C16H15N5O2. The average molecular weight is 309 g/mol. The Hall–Kier alpha value is -3.22. The van der Waals surface area contributed by atoms with Crippen LogP contribution in [-0.2, 0) is 0 Å². The maximum Gasteiger partial charge on any atom is 0.271 e. The van der Waals surface area contributed by atoms with Crippen molar-refractivity contribution in [1.29, 1.82) is 0 Å². The number of non-ortho nitro benzene ring substituents is 1. The number of benzene rings is 2. The predicted molar refractivity (Wildman–Crippen MR) is 90.8 cm³/mol. The molecule has 3 rings (SSSR count). The van der Waals surface area contributed by atoms with E-state index in [0.29, 0.717) is 17.0 Å². The standard InChI is InChI=1S/C16H15N5O2/c1-20(2)12-5-3-11(4-6-12)10-17-16-18-14-8-7-13(21(22)23)9-15(14)19-16/h3-10H,1-2H3,(H,18,19)/b17-10+. The number of hydrogen-bond acceptors (Lipinski definition) is 5. The van der Waals surface area contributed by atoms with Crippen molar-refractivity contribution in [1.82, 2.24) is 9.97 Å². The van der Waals surface area contributed by atoms with Crippen molar-refractivity contribution in [3.8, 4) is 0 Å². The largest absolute Gasteiger partial charge is 0.378 e. The minimum Gasteiger partial charge on any atom is -0.378 e. The number of nitrogens with zero attached hydrogens (tertiary/aromatic N) is 4. The molecule has 0 atom stereocenters. The van der Waals surface area contributed by atoms with Gasteiger partial charge in [-0.25, -0.2) is 9.98 Å². The van der Waals surface area contributed by atoms with E-state index in [1.54, 1.807) is 12.3 Å². The van der Waals surface area contributed by atoms with Crippen LogP contribution in [0.15, 0.2) is 47.5 Å². The molecule has 0 aliphatic heterocycles. The van der Waals surface area contributed by atoms with E-state index in [2.05, 4.69) is 15.0 Å². The highest BCUT2D eigenvalue weighted by molar-refractivity contribution is 5.84. The maximum atomic E-state index is 10.8. The first-order valence-electron chi connectivity index (χ1n) is 6.98. The Morgan fingerprint density at radius 3 is 2.61 bits per heavy atom. The molecule has 0 unspecified atom stereocenters. The highest BCUT2D eigenvalue weighted by Gasteiger charge is 2.08. The van der Waals surface area contributed by atoms with Gasteiger partial charge in [-0.1, -0.05) is 12.1 Å². The van der Waals surface area contributed by atoms with Crippen LogP contribution in [0.25, 0.3) is 11.0 Å². The number of fused-ring (bicyclic) bond motifs is 1. The first-order chi connectivity index (χ1) is 11.0. The van der Waals surface area contributed by atoms with E-state index in [1.165, 1.54) is 12.1 Å². The highest BCUT2D eigenvalue weighted by atomic mass is 16.6. The first kappa shape index (κ1) is 14.7. The van der Waals surface area contributed by atoms with E-state index < -0.39 is 4.92 Å². The summed E-state index contributed by atoms with van der Waals surface area (Å²) in [7, 11) is 3.97. The quantitative estimate of drug-likeness (QED) is 0.455. The Morgan fingerprint density at radius 1 is 1.22 bits per heavy atom. The van der Waals surface area contributed by atoms with Crippen LogP contribution in [0.4, 0.5) is 17.3 Å². The van der Waals surface area contributed by atoms with Gasteiger partial charge in [-0.05, 0) is 23.8 Å². The number of aliphatic imine (C=N–C) groups is 1. The van der Waals surface area contributed by atoms with Crippen LogP contribution < -0.4 is 4.90 Å². The third-order valence-corrected chi connectivity index (χ3v) is 3.41. The molecule has 7 heteroatoms. The summed E-state index contributed by atoms with van der Waals surface area (Å²) in [5.74, 6) is 0.414. The van der Waals surface area contributed by atoms with Gasteiger partial charge in [0.15, 0.2) is 0 Å². The summed E-state index contributed by atoms with van der Waals surface area (Å²) in [5.41, 5.74) is 3.32. The Bertz CT molecular complexity index is 881. The lowest BCUT2D eigenvalue weighted by Crippen LogP contribution is -2.08. The number of H-pyrrole nitrogens is 1. The molecule has 0 aliphatic carbocycles. The molecule has 1 N–H and O–H groups in total. The third-order valence-electron chi connectivity index (χ3n) is 3.41. The van der Waals surface area contributed by atoms with E-state index in [4.69, 9.17) is 0 Å². The fraction of sp³-hybridized carbons (Fsp3) is 0.125. The average Bonchev–Trinajstić information content (AvgIpc) is 2.95. The van der Waals surface area contributed by atoms with Crippen LogP contribution in [0.1, 0.15) is 5.56 Å². The number of imidazole rings is 1. The molecule has 2 aromatic carbocycles. The zero-order valence-electron chi connectivity index (χ0n) is 12.7. The molecule has 23 heavy (non-hydrogen) atoms. The molecule has 0 bridgehead atoms. The van der Waals surface area contributed by atoms with Crippen LogP contribution in [0.3, 0.4) is 0 Å². The van der Waals surface area contributed by atoms with Gasteiger partial charge in [0.2, 0.25) is 5.95 Å². The van der Waals surface area contributed by atoms with Gasteiger partial charge in [0.05, 0.1) is 16.0 Å². The molecule has 7 nitrogen and oxygen atoms in total. The van der Waals surface area contributed by atoms with Gasteiger partial charge in [-0.15, -0.1) is 0 Å². The van der Waals surface area contributed by atoms with E-state index >= 15 is 0 Å². The predicted octanol–water partition coefficient (Wildman–Crippen LogP) is 3.29. The van der Waals surface area contributed by atoms with E-state index in [9.17, 15) is 10.1 Å². The monoisotopic (exact) mass is 309 g/mol. The van der Waals surface area contributed by atoms with Crippen LogP contribution in [0, 0.1) is 10.1 Å². The molecule has 1 heterocycles. The molecule has 0 aliphatic rings. The van der Waals surface area contributed by atoms with Crippen molar-refractivity contribution in [3.63, 3.8) is 0 Å². The summed E-state index contributed by atoms with van der Waals surface area (Å²) in [4.78, 5) is 23.9. The molecule has 1 aromatic heterocycles. The lowest BCUT2D eigenvalue weighted by atomic mass is 10.2. The molecule has 0 amide bonds. The number of aromatic nitrogens is 2. The molecule has 0 spiro atoms. The fourth-order valence-electron chi connectivity index (χ4n) is 2.15. The van der Waals surface area contributed by atoms with Crippen LogP contribution in [-0.4, -0.2) is 35.2 Å². The SMILES string of the molecule is CN(C)c1ccc(/C=N/c2nc3ccc([N+](=O)[O-])cc3[nH]2)cc1. The van der Waals surface area contributed by atoms with E-state index in [0.717, 1.165) is 11.3 Å². The van der Waals surface area contributed by atoms with Gasteiger partial charge in [0.25, 0.3) is 5.69 Å². The molecule has 116 valence electrons. The van der Waals surface area contributed by atoms with Gasteiger partial charge in [-0.3, -0.25) is 10.1 Å². The van der Waals surface area contributed by atoms with Gasteiger partial charge in [-0.2, -0.15) is 0 Å². The van der Waals surface area contributed by atoms with Crippen molar-refractivity contribution in [2.45, 2.75) is 0 Å². The van der Waals surface area contributed by atoms with Crippen LogP contribution >= 0.6 is 0 Å². The zero-order chi connectivity index (χ0) is 16.4. The number of hydrogen-bond donors (Lipinski definition) is 1. The zero-order valence-corrected chi connectivity index (χ0v) is 12.7. The second-order valence-corrected chi connectivity index (χ2v) is 5.26. The van der Waals surface area contributed by atoms with Crippen LogP contribution in [0.2, 0.25) is 0 Å². The second kappa shape index (κ2) is 5.88. The van der Waals surface area contributed by atoms with Gasteiger partial charge in [0.1, 0.15) is 0 Å². The molecule has 3 aromatic rings. The Labute approximate surface area is 132 Å². The third kappa shape index (κ3) is 3.18. The Kier molecular flexibility index (Phi) is 3.76. The number of rotatable bonds is 4. The molecule has 0 saturated heterocycles. The second-order valence-electron chi connectivity index (χ2n) is 5.26. The Balaban J connectivity index is 1.84. The first-order valence-corrected chi connectivity index (χ1v) is 6.98. The molecule has 0 radical (unpaired) electrons. The van der Waals surface area contributed by atoms with Crippen molar-refractivity contribution < 1.29 is 4.92 Å². The Morgan fingerprint density at radius 2 is 1.96 bits per heavy atom. The lowest BCUT2D eigenvalue weighted by Gasteiger charge is -2.11. The van der Waals surface area contributed by atoms with Gasteiger partial charge >= 0.3 is 0 Å². The van der Waals surface area contributed by atoms with E-state index in [-0.39, 0.29) is 5.69 Å². The normalized spacial score (nSPS) is 11.2. The molecule has 0 fully saturated rings. The maximum absolute atomic E-state index is 10.8. The summed E-state index contributed by atoms with van der Waals surface area (Å²) < 4.78 is 0. The topological polar surface area (TPSA) is 87.4 Å². The summed E-state index contributed by atoms with van der Waals surface area (Å²) in [6, 6.07) is 12.4. The van der Waals surface area contributed by atoms with Gasteiger partial charge in [0, 0.05) is 38.1 Å². The minimum atomic E-state index is -0.435. The van der Waals surface area contributed by atoms with E-state index in [1.807, 2.05) is 43.3 Å². The molecule has 0 saturated carbocycles. The number of nitrogens with one attached hydrogen (secondary N) is 1. The van der Waals surface area contributed by atoms with Crippen molar-refractivity contribution in [2.75, 3.05) is 19.0 Å². The highest BCUT2D eigenvalue weighted by Crippen LogP contribution is 2.21. The number of nitro groups is 1.